The highest BCUT2D eigenvalue weighted by atomic mass is 16.2. The van der Waals surface area contributed by atoms with Crippen molar-refractivity contribution in [3.63, 3.8) is 0 Å². The van der Waals surface area contributed by atoms with Crippen LogP contribution in [0.4, 0.5) is 0 Å². The van der Waals surface area contributed by atoms with Crippen LogP contribution in [0, 0.1) is 0 Å². The maximum atomic E-state index is 11.9. The van der Waals surface area contributed by atoms with Crippen molar-refractivity contribution in [1.82, 2.24) is 10.2 Å². The van der Waals surface area contributed by atoms with Crippen molar-refractivity contribution in [1.29, 1.82) is 0 Å². The molecule has 1 aliphatic heterocycles. The zero-order valence-electron chi connectivity index (χ0n) is 10.4. The van der Waals surface area contributed by atoms with E-state index < -0.39 is 0 Å². The van der Waals surface area contributed by atoms with E-state index in [0.717, 1.165) is 32.5 Å². The molecule has 0 aromatic heterocycles. The highest BCUT2D eigenvalue weighted by Crippen LogP contribution is 2.09. The van der Waals surface area contributed by atoms with Gasteiger partial charge in [-0.1, -0.05) is 13.0 Å². The van der Waals surface area contributed by atoms with Gasteiger partial charge in [0.1, 0.15) is 0 Å². The molecule has 1 unspecified atom stereocenters. The monoisotopic (exact) mass is 224 g/mol. The first-order valence-corrected chi connectivity index (χ1v) is 6.40. The molecule has 3 nitrogen and oxygen atoms in total. The van der Waals surface area contributed by atoms with Crippen LogP contribution in [0.5, 0.6) is 0 Å². The van der Waals surface area contributed by atoms with Crippen LogP contribution < -0.4 is 5.32 Å². The van der Waals surface area contributed by atoms with E-state index in [-0.39, 0.29) is 5.91 Å². The minimum Gasteiger partial charge on any atom is -0.341 e. The van der Waals surface area contributed by atoms with Gasteiger partial charge in [-0.15, -0.1) is 6.58 Å². The average Bonchev–Trinajstić information content (AvgIpc) is 2.78. The van der Waals surface area contributed by atoms with E-state index in [0.29, 0.717) is 12.5 Å². The van der Waals surface area contributed by atoms with Gasteiger partial charge < -0.3 is 10.2 Å². The summed E-state index contributed by atoms with van der Waals surface area (Å²) in [4.78, 5) is 13.9. The van der Waals surface area contributed by atoms with E-state index in [1.165, 1.54) is 12.8 Å². The maximum absolute atomic E-state index is 11.9. The van der Waals surface area contributed by atoms with Gasteiger partial charge in [-0.3, -0.25) is 4.79 Å². The predicted molar refractivity (Wildman–Crippen MR) is 67.3 cm³/mol. The molecule has 0 saturated carbocycles. The van der Waals surface area contributed by atoms with Crippen molar-refractivity contribution in [3.05, 3.63) is 12.7 Å². The van der Waals surface area contributed by atoms with Crippen molar-refractivity contribution in [2.24, 2.45) is 0 Å². The van der Waals surface area contributed by atoms with Gasteiger partial charge >= 0.3 is 0 Å². The van der Waals surface area contributed by atoms with Gasteiger partial charge in [0.25, 0.3) is 0 Å². The molecule has 0 spiro atoms. The number of nitrogens with one attached hydrogen (secondary N) is 1. The van der Waals surface area contributed by atoms with E-state index in [4.69, 9.17) is 0 Å². The van der Waals surface area contributed by atoms with Crippen LogP contribution in [0.15, 0.2) is 12.7 Å². The van der Waals surface area contributed by atoms with Crippen LogP contribution in [0.25, 0.3) is 0 Å². The van der Waals surface area contributed by atoms with E-state index in [1.54, 1.807) is 0 Å². The summed E-state index contributed by atoms with van der Waals surface area (Å²) in [5.41, 5.74) is 0. The van der Waals surface area contributed by atoms with E-state index in [9.17, 15) is 4.79 Å². The third-order valence-corrected chi connectivity index (χ3v) is 3.01. The Hall–Kier alpha value is -0.830. The van der Waals surface area contributed by atoms with Gasteiger partial charge in [0.15, 0.2) is 0 Å². The Morgan fingerprint density at radius 1 is 1.62 bits per heavy atom. The first kappa shape index (κ1) is 13.2. The Kier molecular flexibility index (Phi) is 6.16. The molecule has 92 valence electrons. The number of amides is 1. The lowest BCUT2D eigenvalue weighted by molar-refractivity contribution is -0.131. The normalized spacial score (nSPS) is 19.7. The van der Waals surface area contributed by atoms with Crippen molar-refractivity contribution in [2.75, 3.05) is 19.6 Å². The highest BCUT2D eigenvalue weighted by Gasteiger charge is 2.20. The fourth-order valence-corrected chi connectivity index (χ4v) is 2.15. The Morgan fingerprint density at radius 2 is 2.44 bits per heavy atom. The summed E-state index contributed by atoms with van der Waals surface area (Å²) in [6.45, 7) is 8.64. The van der Waals surface area contributed by atoms with Crippen LogP contribution in [0.3, 0.4) is 0 Å². The third-order valence-electron chi connectivity index (χ3n) is 3.01. The standard InChI is InChI=1S/C13H24N2O/c1-3-5-8-13(16)15(10-4-2)11-12-7-6-9-14-12/h3,12,14H,1,4-11H2,2H3. The number of allylic oxidation sites excluding steroid dienone is 1. The first-order chi connectivity index (χ1) is 7.77. The number of nitrogens with zero attached hydrogens (tertiary/aromatic N) is 1. The molecule has 0 aromatic carbocycles. The van der Waals surface area contributed by atoms with Gasteiger partial charge in [-0.2, -0.15) is 0 Å². The Bertz CT molecular complexity index is 222. The molecule has 0 aromatic rings. The second-order valence-electron chi connectivity index (χ2n) is 4.46. The van der Waals surface area contributed by atoms with Crippen LogP contribution in [-0.4, -0.2) is 36.5 Å². The number of rotatable bonds is 7. The molecule has 0 aliphatic carbocycles. The van der Waals surface area contributed by atoms with Crippen molar-refractivity contribution in [2.45, 2.75) is 45.1 Å². The minimum absolute atomic E-state index is 0.274. The Morgan fingerprint density at radius 3 is 3.00 bits per heavy atom. The summed E-state index contributed by atoms with van der Waals surface area (Å²) >= 11 is 0. The van der Waals surface area contributed by atoms with Crippen molar-refractivity contribution >= 4 is 5.91 Å². The van der Waals surface area contributed by atoms with Gasteiger partial charge in [-0.05, 0) is 32.2 Å². The number of hydrogen-bond acceptors (Lipinski definition) is 2. The fraction of sp³-hybridized carbons (Fsp3) is 0.769. The Labute approximate surface area is 98.9 Å². The summed E-state index contributed by atoms with van der Waals surface area (Å²) in [5.74, 6) is 0.274. The van der Waals surface area contributed by atoms with Crippen molar-refractivity contribution in [3.8, 4) is 0 Å². The molecule has 1 fully saturated rings. The first-order valence-electron chi connectivity index (χ1n) is 6.40. The summed E-state index contributed by atoms with van der Waals surface area (Å²) in [6.07, 6.45) is 6.69. The average molecular weight is 224 g/mol. The maximum Gasteiger partial charge on any atom is 0.222 e. The lowest BCUT2D eigenvalue weighted by Gasteiger charge is -2.25. The van der Waals surface area contributed by atoms with Gasteiger partial charge in [0, 0.05) is 25.6 Å². The second kappa shape index (κ2) is 7.44. The summed E-state index contributed by atoms with van der Waals surface area (Å²) < 4.78 is 0. The molecule has 0 radical (unpaired) electrons. The van der Waals surface area contributed by atoms with Crippen LogP contribution in [0.2, 0.25) is 0 Å². The van der Waals surface area contributed by atoms with Gasteiger partial charge in [0.05, 0.1) is 0 Å². The molecule has 1 aliphatic rings. The molecule has 3 heteroatoms. The van der Waals surface area contributed by atoms with E-state index >= 15 is 0 Å². The Balaban J connectivity index is 2.38. The minimum atomic E-state index is 0.274. The zero-order chi connectivity index (χ0) is 11.8. The van der Waals surface area contributed by atoms with Gasteiger partial charge in [-0.25, -0.2) is 0 Å². The highest BCUT2D eigenvalue weighted by molar-refractivity contribution is 5.76. The predicted octanol–water partition coefficient (Wildman–Crippen LogP) is 1.94. The lowest BCUT2D eigenvalue weighted by atomic mass is 10.2. The molecule has 1 atom stereocenters. The quantitative estimate of drug-likeness (QED) is 0.670. The molecule has 16 heavy (non-hydrogen) atoms. The molecule has 1 amide bonds. The zero-order valence-corrected chi connectivity index (χ0v) is 10.4. The molecule has 1 N–H and O–H groups in total. The molecule has 1 rings (SSSR count). The molecule has 0 bridgehead atoms. The SMILES string of the molecule is C=CCCC(=O)N(CCC)CC1CCCN1. The van der Waals surface area contributed by atoms with Crippen molar-refractivity contribution < 1.29 is 4.79 Å². The van der Waals surface area contributed by atoms with Gasteiger partial charge in [0.2, 0.25) is 5.91 Å². The largest absolute Gasteiger partial charge is 0.341 e. The van der Waals surface area contributed by atoms with E-state index in [1.807, 2.05) is 11.0 Å². The fourth-order valence-electron chi connectivity index (χ4n) is 2.15. The topological polar surface area (TPSA) is 32.3 Å². The smallest absolute Gasteiger partial charge is 0.222 e. The number of hydrogen-bond donors (Lipinski definition) is 1. The molecule has 1 saturated heterocycles. The summed E-state index contributed by atoms with van der Waals surface area (Å²) in [5, 5.41) is 3.44. The van der Waals surface area contributed by atoms with Crippen LogP contribution in [-0.2, 0) is 4.79 Å². The second-order valence-corrected chi connectivity index (χ2v) is 4.46. The van der Waals surface area contributed by atoms with E-state index in [2.05, 4.69) is 18.8 Å². The van der Waals surface area contributed by atoms with Crippen LogP contribution in [0.1, 0.15) is 39.0 Å². The number of carbonyl (C=O) groups is 1. The summed E-state index contributed by atoms with van der Waals surface area (Å²) in [6, 6.07) is 0.513. The molecule has 1 heterocycles. The third kappa shape index (κ3) is 4.35. The molecular formula is C13H24N2O. The molecular weight excluding hydrogens is 200 g/mol. The van der Waals surface area contributed by atoms with Crippen LogP contribution >= 0.6 is 0 Å². The summed E-state index contributed by atoms with van der Waals surface area (Å²) in [7, 11) is 0. The number of carbonyl (C=O) groups excluding carboxylic acids is 1. The lowest BCUT2D eigenvalue weighted by Crippen LogP contribution is -2.41.